The van der Waals surface area contributed by atoms with Gasteiger partial charge in [0.2, 0.25) is 5.91 Å². The van der Waals surface area contributed by atoms with Gasteiger partial charge in [0.15, 0.2) is 0 Å². The average molecular weight is 373 g/mol. The van der Waals surface area contributed by atoms with Gasteiger partial charge in [-0.1, -0.05) is 0 Å². The molecule has 1 N–H and O–H groups in total. The molecule has 3 rings (SSSR count). The summed E-state index contributed by atoms with van der Waals surface area (Å²) in [5, 5.41) is 2.99. The van der Waals surface area contributed by atoms with E-state index in [1.54, 1.807) is 32.5 Å². The molecule has 0 aliphatic carbocycles. The van der Waals surface area contributed by atoms with E-state index in [9.17, 15) is 14.4 Å². The van der Waals surface area contributed by atoms with Crippen molar-refractivity contribution in [1.82, 2.24) is 19.4 Å². The van der Waals surface area contributed by atoms with Crippen LogP contribution in [-0.4, -0.2) is 46.3 Å². The van der Waals surface area contributed by atoms with Gasteiger partial charge >= 0.3 is 5.69 Å². The molecule has 1 atom stereocenters. The quantitative estimate of drug-likeness (QED) is 0.753. The maximum absolute atomic E-state index is 12.3. The molecule has 0 bridgehead atoms. The molecular formula is C18H23N5O4. The lowest BCUT2D eigenvalue weighted by Gasteiger charge is -2.21. The topological polar surface area (TPSA) is 98.5 Å². The zero-order valence-corrected chi connectivity index (χ0v) is 15.6. The molecule has 3 heterocycles. The number of hydrogen-bond donors (Lipinski definition) is 1. The molecule has 2 aromatic heterocycles. The van der Waals surface area contributed by atoms with Crippen molar-refractivity contribution in [1.29, 1.82) is 0 Å². The first kappa shape index (κ1) is 18.7. The molecule has 0 spiro atoms. The highest BCUT2D eigenvalue weighted by atomic mass is 16.5. The molecular weight excluding hydrogens is 350 g/mol. The number of carbonyl (C=O) groups is 1. The van der Waals surface area contributed by atoms with E-state index in [-0.39, 0.29) is 29.6 Å². The lowest BCUT2D eigenvalue weighted by Crippen LogP contribution is -2.41. The monoisotopic (exact) mass is 373 g/mol. The number of pyridine rings is 1. The largest absolute Gasteiger partial charge is 0.495 e. The number of rotatable bonds is 5. The zero-order chi connectivity index (χ0) is 19.6. The molecule has 1 aliphatic rings. The molecule has 27 heavy (non-hydrogen) atoms. The number of methoxy groups -OCH3 is 1. The van der Waals surface area contributed by atoms with E-state index in [1.807, 2.05) is 4.90 Å². The number of hydrogen-bond acceptors (Lipinski definition) is 6. The Morgan fingerprint density at radius 2 is 2.07 bits per heavy atom. The second-order valence-electron chi connectivity index (χ2n) is 6.61. The van der Waals surface area contributed by atoms with Crippen molar-refractivity contribution in [3.05, 3.63) is 50.9 Å². The van der Waals surface area contributed by atoms with Crippen LogP contribution in [0.2, 0.25) is 0 Å². The second-order valence-corrected chi connectivity index (χ2v) is 6.61. The third-order valence-electron chi connectivity index (χ3n) is 4.75. The van der Waals surface area contributed by atoms with E-state index >= 15 is 0 Å². The Morgan fingerprint density at radius 3 is 2.74 bits per heavy atom. The minimum Gasteiger partial charge on any atom is -0.495 e. The summed E-state index contributed by atoms with van der Waals surface area (Å²) in [4.78, 5) is 42.4. The molecule has 9 heteroatoms. The number of aromatic nitrogens is 3. The van der Waals surface area contributed by atoms with Gasteiger partial charge in [0, 0.05) is 45.0 Å². The summed E-state index contributed by atoms with van der Waals surface area (Å²) in [6.07, 6.45) is 2.51. The first-order valence-corrected chi connectivity index (χ1v) is 8.69. The highest BCUT2D eigenvalue weighted by Crippen LogP contribution is 2.17. The number of carbonyl (C=O) groups excluding carboxylic acids is 1. The molecule has 0 saturated carbocycles. The highest BCUT2D eigenvalue weighted by molar-refractivity contribution is 5.78. The SMILES string of the molecule is COc1ccc(CC(=O)N[C@@H]2CCN(c3cc(=O)n(C)c(=O)n3C)C2)nc1. The molecule has 2 aromatic rings. The number of nitrogens with zero attached hydrogens (tertiary/aromatic N) is 4. The summed E-state index contributed by atoms with van der Waals surface area (Å²) in [7, 11) is 4.65. The summed E-state index contributed by atoms with van der Waals surface area (Å²) < 4.78 is 7.57. The zero-order valence-electron chi connectivity index (χ0n) is 15.6. The Labute approximate surface area is 156 Å². The Morgan fingerprint density at radius 1 is 1.30 bits per heavy atom. The molecule has 9 nitrogen and oxygen atoms in total. The van der Waals surface area contributed by atoms with Gasteiger partial charge in [-0.15, -0.1) is 0 Å². The number of nitrogens with one attached hydrogen (secondary N) is 1. The summed E-state index contributed by atoms with van der Waals surface area (Å²) in [5.41, 5.74) is -0.0427. The first-order chi connectivity index (χ1) is 12.9. The Bertz CT molecular complexity index is 948. The van der Waals surface area contributed by atoms with Crippen LogP contribution >= 0.6 is 0 Å². The fourth-order valence-corrected chi connectivity index (χ4v) is 3.19. The molecule has 0 aromatic carbocycles. The smallest absolute Gasteiger partial charge is 0.332 e. The van der Waals surface area contributed by atoms with Crippen LogP contribution in [-0.2, 0) is 25.3 Å². The van der Waals surface area contributed by atoms with Crippen LogP contribution in [0.3, 0.4) is 0 Å². The first-order valence-electron chi connectivity index (χ1n) is 8.69. The van der Waals surface area contributed by atoms with Crippen molar-refractivity contribution in [3.63, 3.8) is 0 Å². The van der Waals surface area contributed by atoms with Gasteiger partial charge in [0.05, 0.1) is 19.7 Å². The Balaban J connectivity index is 1.62. The van der Waals surface area contributed by atoms with Crippen LogP contribution in [0.4, 0.5) is 5.82 Å². The molecule has 1 amide bonds. The predicted octanol–water partition coefficient (Wildman–Crippen LogP) is -0.575. The van der Waals surface area contributed by atoms with Crippen LogP contribution in [0, 0.1) is 0 Å². The summed E-state index contributed by atoms with van der Waals surface area (Å²) in [6.45, 7) is 1.20. The van der Waals surface area contributed by atoms with Crippen LogP contribution in [0.25, 0.3) is 0 Å². The fourth-order valence-electron chi connectivity index (χ4n) is 3.19. The minimum atomic E-state index is -0.365. The van der Waals surface area contributed by atoms with Crippen molar-refractivity contribution < 1.29 is 9.53 Å². The lowest BCUT2D eigenvalue weighted by molar-refractivity contribution is -0.121. The van der Waals surface area contributed by atoms with Gasteiger partial charge in [-0.2, -0.15) is 0 Å². The fraction of sp³-hybridized carbons (Fsp3) is 0.444. The standard InChI is InChI=1S/C18H23N5O4/c1-21-16(9-17(25)22(2)18(21)26)23-7-6-13(11-23)20-15(24)8-12-4-5-14(27-3)10-19-12/h4-5,9-10,13H,6-8,11H2,1-3H3,(H,20,24)/t13-/m1/s1. The number of amides is 1. The third kappa shape index (κ3) is 4.02. The molecule has 144 valence electrons. The predicted molar refractivity (Wildman–Crippen MR) is 100 cm³/mol. The summed E-state index contributed by atoms with van der Waals surface area (Å²) in [5.74, 6) is 1.10. The van der Waals surface area contributed by atoms with Crippen LogP contribution in [0.1, 0.15) is 12.1 Å². The van der Waals surface area contributed by atoms with E-state index in [0.29, 0.717) is 30.4 Å². The average Bonchev–Trinajstić information content (AvgIpc) is 3.11. The molecule has 0 unspecified atom stereocenters. The molecule has 1 saturated heterocycles. The molecule has 1 fully saturated rings. The van der Waals surface area contributed by atoms with Gasteiger partial charge in [-0.25, -0.2) is 4.79 Å². The Hall–Kier alpha value is -3.10. The van der Waals surface area contributed by atoms with E-state index in [4.69, 9.17) is 4.74 Å². The maximum atomic E-state index is 12.3. The van der Waals surface area contributed by atoms with Gasteiger partial charge in [0.25, 0.3) is 5.56 Å². The Kier molecular flexibility index (Phi) is 5.29. The van der Waals surface area contributed by atoms with Gasteiger partial charge < -0.3 is 15.0 Å². The van der Waals surface area contributed by atoms with E-state index in [2.05, 4.69) is 10.3 Å². The van der Waals surface area contributed by atoms with Gasteiger partial charge in [0.1, 0.15) is 11.6 Å². The van der Waals surface area contributed by atoms with Crippen LogP contribution in [0.5, 0.6) is 5.75 Å². The summed E-state index contributed by atoms with van der Waals surface area (Å²) >= 11 is 0. The van der Waals surface area contributed by atoms with Crippen LogP contribution < -0.4 is 26.2 Å². The van der Waals surface area contributed by atoms with Crippen LogP contribution in [0.15, 0.2) is 34.0 Å². The normalized spacial score (nSPS) is 16.4. The highest BCUT2D eigenvalue weighted by Gasteiger charge is 2.26. The molecule has 1 aliphatic heterocycles. The van der Waals surface area contributed by atoms with Gasteiger partial charge in [-0.05, 0) is 18.6 Å². The number of anilines is 1. The van der Waals surface area contributed by atoms with Crippen molar-refractivity contribution in [2.45, 2.75) is 18.9 Å². The van der Waals surface area contributed by atoms with Gasteiger partial charge in [-0.3, -0.25) is 23.7 Å². The van der Waals surface area contributed by atoms with Crippen molar-refractivity contribution in [3.8, 4) is 5.75 Å². The van der Waals surface area contributed by atoms with Crippen molar-refractivity contribution >= 4 is 11.7 Å². The minimum absolute atomic E-state index is 0.0464. The maximum Gasteiger partial charge on any atom is 0.332 e. The third-order valence-corrected chi connectivity index (χ3v) is 4.75. The second kappa shape index (κ2) is 7.65. The van der Waals surface area contributed by atoms with Crippen molar-refractivity contribution in [2.75, 3.05) is 25.1 Å². The van der Waals surface area contributed by atoms with Crippen molar-refractivity contribution in [2.24, 2.45) is 14.1 Å². The lowest BCUT2D eigenvalue weighted by atomic mass is 10.2. The molecule has 0 radical (unpaired) electrons. The van der Waals surface area contributed by atoms with E-state index < -0.39 is 0 Å². The van der Waals surface area contributed by atoms with E-state index in [1.165, 1.54) is 17.7 Å². The van der Waals surface area contributed by atoms with E-state index in [0.717, 1.165) is 11.0 Å². The number of ether oxygens (including phenoxy) is 1. The summed E-state index contributed by atoms with van der Waals surface area (Å²) in [6, 6.07) is 4.93.